The summed E-state index contributed by atoms with van der Waals surface area (Å²) in [5.41, 5.74) is 2.24. The fourth-order valence-electron chi connectivity index (χ4n) is 2.44. The standard InChI is InChI=1S/C17H21F3N4O2/c1-11-14(12(2)26-24-11)8-9-22-16(21-3)23-10-13-6-4-5-7-15(13)25-17(18,19)20/h4-7H,8-10H2,1-3H3,(H2,21,22,23). The second-order valence-electron chi connectivity index (χ2n) is 5.56. The van der Waals surface area contributed by atoms with Gasteiger partial charge >= 0.3 is 6.36 Å². The van der Waals surface area contributed by atoms with Crippen LogP contribution in [0.25, 0.3) is 0 Å². The van der Waals surface area contributed by atoms with Crippen molar-refractivity contribution < 1.29 is 22.4 Å². The minimum Gasteiger partial charge on any atom is -0.405 e. The number of nitrogens with zero attached hydrogens (tertiary/aromatic N) is 2. The van der Waals surface area contributed by atoms with Crippen molar-refractivity contribution in [1.82, 2.24) is 15.8 Å². The number of rotatable bonds is 6. The summed E-state index contributed by atoms with van der Waals surface area (Å²) in [4.78, 5) is 4.06. The van der Waals surface area contributed by atoms with Crippen LogP contribution in [-0.4, -0.2) is 31.1 Å². The van der Waals surface area contributed by atoms with Crippen LogP contribution in [-0.2, 0) is 13.0 Å². The van der Waals surface area contributed by atoms with Gasteiger partial charge in [-0.15, -0.1) is 13.2 Å². The van der Waals surface area contributed by atoms with Crippen LogP contribution in [0, 0.1) is 13.8 Å². The topological polar surface area (TPSA) is 71.7 Å². The first-order valence-electron chi connectivity index (χ1n) is 8.00. The highest BCUT2D eigenvalue weighted by molar-refractivity contribution is 5.79. The molecule has 9 heteroatoms. The number of aromatic nitrogens is 1. The summed E-state index contributed by atoms with van der Waals surface area (Å²) >= 11 is 0. The zero-order valence-corrected chi connectivity index (χ0v) is 14.8. The largest absolute Gasteiger partial charge is 0.573 e. The first kappa shape index (κ1) is 19.6. The minimum atomic E-state index is -4.73. The molecule has 0 unspecified atom stereocenters. The normalized spacial score (nSPS) is 12.2. The molecule has 26 heavy (non-hydrogen) atoms. The minimum absolute atomic E-state index is 0.136. The van der Waals surface area contributed by atoms with Gasteiger partial charge < -0.3 is 19.9 Å². The summed E-state index contributed by atoms with van der Waals surface area (Å²) in [6.07, 6.45) is -4.04. The van der Waals surface area contributed by atoms with E-state index in [0.29, 0.717) is 24.5 Å². The Balaban J connectivity index is 1.89. The molecule has 1 aromatic heterocycles. The van der Waals surface area contributed by atoms with Gasteiger partial charge in [-0.05, 0) is 26.3 Å². The number of hydrogen-bond acceptors (Lipinski definition) is 4. The molecule has 0 aliphatic heterocycles. The Morgan fingerprint density at radius 1 is 1.23 bits per heavy atom. The molecular formula is C17H21F3N4O2. The first-order chi connectivity index (χ1) is 12.3. The third kappa shape index (κ3) is 5.68. The van der Waals surface area contributed by atoms with Gasteiger partial charge in [0.1, 0.15) is 11.5 Å². The summed E-state index contributed by atoms with van der Waals surface area (Å²) in [6.45, 7) is 4.43. The van der Waals surface area contributed by atoms with Crippen LogP contribution in [0.3, 0.4) is 0 Å². The lowest BCUT2D eigenvalue weighted by Gasteiger charge is -2.15. The average Bonchev–Trinajstić information content (AvgIpc) is 2.89. The van der Waals surface area contributed by atoms with Crippen LogP contribution in [0.2, 0.25) is 0 Å². The Hall–Kier alpha value is -2.71. The van der Waals surface area contributed by atoms with Crippen LogP contribution in [0.4, 0.5) is 13.2 Å². The van der Waals surface area contributed by atoms with E-state index in [-0.39, 0.29) is 12.3 Å². The number of aryl methyl sites for hydroxylation is 2. The predicted octanol–water partition coefficient (Wildman–Crippen LogP) is 3.10. The summed E-state index contributed by atoms with van der Waals surface area (Å²) in [5.74, 6) is 1.00. The molecule has 0 bridgehead atoms. The average molecular weight is 370 g/mol. The van der Waals surface area contributed by atoms with Crippen LogP contribution in [0.5, 0.6) is 5.75 Å². The molecule has 2 rings (SSSR count). The maximum atomic E-state index is 12.5. The zero-order valence-electron chi connectivity index (χ0n) is 14.8. The molecular weight excluding hydrogens is 349 g/mol. The van der Waals surface area contributed by atoms with E-state index in [2.05, 4.69) is 25.5 Å². The number of hydrogen-bond donors (Lipinski definition) is 2. The van der Waals surface area contributed by atoms with E-state index in [1.54, 1.807) is 19.2 Å². The maximum absolute atomic E-state index is 12.5. The quantitative estimate of drug-likeness (QED) is 0.604. The maximum Gasteiger partial charge on any atom is 0.573 e. The number of guanidine groups is 1. The summed E-state index contributed by atoms with van der Waals surface area (Å²) in [7, 11) is 1.59. The number of para-hydroxylation sites is 1. The number of alkyl halides is 3. The summed E-state index contributed by atoms with van der Waals surface area (Å²) in [5, 5.41) is 9.97. The molecule has 1 heterocycles. The molecule has 0 aliphatic rings. The van der Waals surface area contributed by atoms with E-state index < -0.39 is 6.36 Å². The Morgan fingerprint density at radius 3 is 2.58 bits per heavy atom. The van der Waals surface area contributed by atoms with E-state index in [1.807, 2.05) is 13.8 Å². The molecule has 1 aromatic carbocycles. The molecule has 0 fully saturated rings. The molecule has 2 N–H and O–H groups in total. The van der Waals surface area contributed by atoms with Crippen molar-refractivity contribution >= 4 is 5.96 Å². The number of ether oxygens (including phenoxy) is 1. The molecule has 0 atom stereocenters. The van der Waals surface area contributed by atoms with Gasteiger partial charge in [-0.25, -0.2) is 0 Å². The molecule has 6 nitrogen and oxygen atoms in total. The first-order valence-corrected chi connectivity index (χ1v) is 8.00. The highest BCUT2D eigenvalue weighted by Gasteiger charge is 2.31. The molecule has 0 spiro atoms. The lowest BCUT2D eigenvalue weighted by Crippen LogP contribution is -2.38. The van der Waals surface area contributed by atoms with Crippen LogP contribution in [0.1, 0.15) is 22.6 Å². The smallest absolute Gasteiger partial charge is 0.405 e. The van der Waals surface area contributed by atoms with E-state index in [1.165, 1.54) is 12.1 Å². The van der Waals surface area contributed by atoms with Crippen molar-refractivity contribution in [3.63, 3.8) is 0 Å². The number of benzene rings is 1. The Kier molecular flexibility index (Phi) is 6.48. The van der Waals surface area contributed by atoms with Crippen molar-refractivity contribution in [2.24, 2.45) is 4.99 Å². The predicted molar refractivity (Wildman–Crippen MR) is 91.0 cm³/mol. The fraction of sp³-hybridized carbons (Fsp3) is 0.412. The van der Waals surface area contributed by atoms with Crippen LogP contribution < -0.4 is 15.4 Å². The van der Waals surface area contributed by atoms with E-state index in [0.717, 1.165) is 17.0 Å². The Bertz CT molecular complexity index is 737. The molecule has 0 saturated carbocycles. The molecule has 0 radical (unpaired) electrons. The van der Waals surface area contributed by atoms with Gasteiger partial charge in [0, 0.05) is 31.3 Å². The van der Waals surface area contributed by atoms with Crippen molar-refractivity contribution in [1.29, 1.82) is 0 Å². The number of halogens is 3. The number of nitrogens with one attached hydrogen (secondary N) is 2. The van der Waals surface area contributed by atoms with Gasteiger partial charge in [0.25, 0.3) is 0 Å². The third-order valence-electron chi connectivity index (χ3n) is 3.72. The van der Waals surface area contributed by atoms with Crippen LogP contribution in [0.15, 0.2) is 33.8 Å². The van der Waals surface area contributed by atoms with Gasteiger partial charge in [-0.2, -0.15) is 0 Å². The fourth-order valence-corrected chi connectivity index (χ4v) is 2.44. The lowest BCUT2D eigenvalue weighted by atomic mass is 10.1. The molecule has 2 aromatic rings. The molecule has 0 aliphatic carbocycles. The van der Waals surface area contributed by atoms with Gasteiger partial charge in [-0.3, -0.25) is 4.99 Å². The SMILES string of the molecule is CN=C(NCCc1c(C)noc1C)NCc1ccccc1OC(F)(F)F. The molecule has 142 valence electrons. The second kappa shape index (κ2) is 8.59. The second-order valence-corrected chi connectivity index (χ2v) is 5.56. The molecule has 0 amide bonds. The zero-order chi connectivity index (χ0) is 19.2. The van der Waals surface area contributed by atoms with E-state index in [4.69, 9.17) is 4.52 Å². The summed E-state index contributed by atoms with van der Waals surface area (Å²) in [6, 6.07) is 5.97. The van der Waals surface area contributed by atoms with Gasteiger partial charge in [0.15, 0.2) is 5.96 Å². The monoisotopic (exact) mass is 370 g/mol. The third-order valence-corrected chi connectivity index (χ3v) is 3.72. The molecule has 0 saturated heterocycles. The lowest BCUT2D eigenvalue weighted by molar-refractivity contribution is -0.274. The van der Waals surface area contributed by atoms with Crippen LogP contribution >= 0.6 is 0 Å². The highest BCUT2D eigenvalue weighted by atomic mass is 19.4. The van der Waals surface area contributed by atoms with E-state index >= 15 is 0 Å². The van der Waals surface area contributed by atoms with Gasteiger partial charge in [0.05, 0.1) is 5.69 Å². The van der Waals surface area contributed by atoms with Crippen molar-refractivity contribution in [3.8, 4) is 5.75 Å². The van der Waals surface area contributed by atoms with Crippen molar-refractivity contribution in [3.05, 3.63) is 46.8 Å². The Labute approximate surface area is 149 Å². The van der Waals surface area contributed by atoms with Crippen molar-refractivity contribution in [2.45, 2.75) is 33.2 Å². The Morgan fingerprint density at radius 2 is 1.96 bits per heavy atom. The summed E-state index contributed by atoms with van der Waals surface area (Å²) < 4.78 is 46.5. The van der Waals surface area contributed by atoms with Gasteiger partial charge in [-0.1, -0.05) is 23.4 Å². The van der Waals surface area contributed by atoms with Crippen molar-refractivity contribution in [2.75, 3.05) is 13.6 Å². The number of aliphatic imine (C=N–C) groups is 1. The highest BCUT2D eigenvalue weighted by Crippen LogP contribution is 2.26. The van der Waals surface area contributed by atoms with Gasteiger partial charge in [0.2, 0.25) is 0 Å². The van der Waals surface area contributed by atoms with E-state index in [9.17, 15) is 13.2 Å².